The van der Waals surface area contributed by atoms with Crippen molar-refractivity contribution in [2.45, 2.75) is 26.9 Å². The molecule has 0 radical (unpaired) electrons. The summed E-state index contributed by atoms with van der Waals surface area (Å²) in [6, 6.07) is 14.0. The third-order valence-electron chi connectivity index (χ3n) is 3.34. The number of hydrogen-bond acceptors (Lipinski definition) is 3. The number of aryl methyl sites for hydroxylation is 2. The molecule has 110 valence electrons. The van der Waals surface area contributed by atoms with Crippen molar-refractivity contribution in [1.82, 2.24) is 0 Å². The van der Waals surface area contributed by atoms with E-state index in [0.717, 1.165) is 11.3 Å². The molecule has 21 heavy (non-hydrogen) atoms. The van der Waals surface area contributed by atoms with Crippen LogP contribution < -0.4 is 10.5 Å². The lowest BCUT2D eigenvalue weighted by Gasteiger charge is -2.10. The second-order valence-electron chi connectivity index (χ2n) is 5.13. The van der Waals surface area contributed by atoms with Gasteiger partial charge in [-0.05, 0) is 42.7 Å². The van der Waals surface area contributed by atoms with Crippen molar-refractivity contribution < 1.29 is 9.94 Å². The first-order valence-corrected chi connectivity index (χ1v) is 6.83. The highest BCUT2D eigenvalue weighted by molar-refractivity contribution is 5.82. The summed E-state index contributed by atoms with van der Waals surface area (Å²) in [6.45, 7) is 4.70. The maximum absolute atomic E-state index is 8.55. The predicted molar refractivity (Wildman–Crippen MR) is 83.8 cm³/mol. The van der Waals surface area contributed by atoms with E-state index in [1.54, 1.807) is 0 Å². The average Bonchev–Trinajstić information content (AvgIpc) is 2.49. The van der Waals surface area contributed by atoms with E-state index >= 15 is 0 Å². The molecule has 4 heteroatoms. The quantitative estimate of drug-likeness (QED) is 0.383. The molecule has 0 aromatic heterocycles. The van der Waals surface area contributed by atoms with Crippen LogP contribution in [0.4, 0.5) is 0 Å². The molecular formula is C17H20N2O2. The molecule has 0 aliphatic rings. The summed E-state index contributed by atoms with van der Waals surface area (Å²) in [7, 11) is 0. The Morgan fingerprint density at radius 2 is 1.86 bits per heavy atom. The van der Waals surface area contributed by atoms with Crippen LogP contribution in [0.2, 0.25) is 0 Å². The minimum Gasteiger partial charge on any atom is -0.489 e. The number of nitrogens with zero attached hydrogens (tertiary/aromatic N) is 1. The Hall–Kier alpha value is -2.49. The van der Waals surface area contributed by atoms with Crippen molar-refractivity contribution in [3.63, 3.8) is 0 Å². The summed E-state index contributed by atoms with van der Waals surface area (Å²) in [6.07, 6.45) is 0.424. The van der Waals surface area contributed by atoms with Crippen molar-refractivity contribution in [2.75, 3.05) is 0 Å². The van der Waals surface area contributed by atoms with Gasteiger partial charge in [-0.3, -0.25) is 0 Å². The van der Waals surface area contributed by atoms with Crippen LogP contribution in [-0.2, 0) is 13.0 Å². The van der Waals surface area contributed by atoms with Crippen LogP contribution >= 0.6 is 0 Å². The van der Waals surface area contributed by atoms with Gasteiger partial charge in [-0.2, -0.15) is 0 Å². The summed E-state index contributed by atoms with van der Waals surface area (Å²) in [5.41, 5.74) is 10.1. The molecule has 0 aliphatic heterocycles. The zero-order valence-electron chi connectivity index (χ0n) is 12.3. The van der Waals surface area contributed by atoms with E-state index in [1.807, 2.05) is 24.3 Å². The van der Waals surface area contributed by atoms with Gasteiger partial charge >= 0.3 is 0 Å². The molecule has 0 saturated carbocycles. The second-order valence-corrected chi connectivity index (χ2v) is 5.13. The third kappa shape index (κ3) is 4.24. The summed E-state index contributed by atoms with van der Waals surface area (Å²) in [4.78, 5) is 0. The average molecular weight is 284 g/mol. The van der Waals surface area contributed by atoms with Crippen molar-refractivity contribution in [1.29, 1.82) is 0 Å². The molecule has 3 N–H and O–H groups in total. The lowest BCUT2D eigenvalue weighted by Crippen LogP contribution is -2.14. The zero-order valence-corrected chi connectivity index (χ0v) is 12.3. The number of hydrogen-bond donors (Lipinski definition) is 2. The van der Waals surface area contributed by atoms with Gasteiger partial charge in [0.1, 0.15) is 18.2 Å². The molecule has 0 heterocycles. The van der Waals surface area contributed by atoms with Crippen molar-refractivity contribution in [3.8, 4) is 5.75 Å². The maximum atomic E-state index is 8.55. The van der Waals surface area contributed by atoms with E-state index in [9.17, 15) is 0 Å². The molecule has 0 saturated heterocycles. The third-order valence-corrected chi connectivity index (χ3v) is 3.34. The van der Waals surface area contributed by atoms with Gasteiger partial charge in [-0.1, -0.05) is 41.1 Å². The van der Waals surface area contributed by atoms with Gasteiger partial charge < -0.3 is 15.7 Å². The summed E-state index contributed by atoms with van der Waals surface area (Å²) in [5.74, 6) is 0.998. The van der Waals surface area contributed by atoms with Crippen LogP contribution in [0.1, 0.15) is 22.3 Å². The van der Waals surface area contributed by atoms with Crippen LogP contribution in [0.3, 0.4) is 0 Å². The Labute approximate surface area is 124 Å². The Balaban J connectivity index is 1.99. The molecule has 4 nitrogen and oxygen atoms in total. The van der Waals surface area contributed by atoms with Crippen LogP contribution in [-0.4, -0.2) is 11.0 Å². The fourth-order valence-corrected chi connectivity index (χ4v) is 2.06. The van der Waals surface area contributed by atoms with E-state index in [-0.39, 0.29) is 5.84 Å². The normalized spacial score (nSPS) is 11.4. The van der Waals surface area contributed by atoms with Gasteiger partial charge in [0.05, 0.1) is 0 Å². The zero-order chi connectivity index (χ0) is 15.2. The first-order valence-electron chi connectivity index (χ1n) is 6.83. The molecule has 0 atom stereocenters. The Morgan fingerprint density at radius 3 is 2.52 bits per heavy atom. The predicted octanol–water partition coefficient (Wildman–Crippen LogP) is 3.17. The van der Waals surface area contributed by atoms with E-state index in [2.05, 4.69) is 37.2 Å². The molecule has 0 aliphatic carbocycles. The first-order chi connectivity index (χ1) is 10.1. The molecule has 2 aromatic rings. The molecule has 0 unspecified atom stereocenters. The topological polar surface area (TPSA) is 67.8 Å². The number of oxime groups is 1. The highest BCUT2D eigenvalue weighted by atomic mass is 16.5. The highest BCUT2D eigenvalue weighted by Crippen LogP contribution is 2.17. The van der Waals surface area contributed by atoms with Crippen molar-refractivity contribution >= 4 is 5.84 Å². The number of benzene rings is 2. The Kier molecular flexibility index (Phi) is 4.82. The summed E-state index contributed by atoms with van der Waals surface area (Å²) >= 11 is 0. The van der Waals surface area contributed by atoms with Gasteiger partial charge in [0.25, 0.3) is 0 Å². The smallest absolute Gasteiger partial charge is 0.143 e. The summed E-state index contributed by atoms with van der Waals surface area (Å²) < 4.78 is 5.80. The van der Waals surface area contributed by atoms with Gasteiger partial charge in [0.15, 0.2) is 0 Å². The number of amidine groups is 1. The minimum absolute atomic E-state index is 0.194. The largest absolute Gasteiger partial charge is 0.489 e. The molecule has 0 bridgehead atoms. The standard InChI is InChI=1S/C17H20N2O2/c1-12-3-4-13(2)15(9-12)11-21-16-7-5-14(6-8-16)10-17(18)19-20/h3-9,20H,10-11H2,1-2H3,(H2,18,19). The molecular weight excluding hydrogens is 264 g/mol. The number of nitrogens with two attached hydrogens (primary N) is 1. The first kappa shape index (κ1) is 14.9. The van der Waals surface area contributed by atoms with E-state index in [0.29, 0.717) is 13.0 Å². The molecule has 0 spiro atoms. The van der Waals surface area contributed by atoms with E-state index < -0.39 is 0 Å². The molecule has 2 rings (SSSR count). The van der Waals surface area contributed by atoms with Crippen LogP contribution in [0.25, 0.3) is 0 Å². The maximum Gasteiger partial charge on any atom is 0.143 e. The summed E-state index contributed by atoms with van der Waals surface area (Å²) in [5, 5.41) is 11.5. The highest BCUT2D eigenvalue weighted by Gasteiger charge is 2.02. The fourth-order valence-electron chi connectivity index (χ4n) is 2.06. The van der Waals surface area contributed by atoms with Gasteiger partial charge in [-0.15, -0.1) is 0 Å². The van der Waals surface area contributed by atoms with Crippen LogP contribution in [0.15, 0.2) is 47.6 Å². The van der Waals surface area contributed by atoms with E-state index in [1.165, 1.54) is 16.7 Å². The minimum atomic E-state index is 0.194. The van der Waals surface area contributed by atoms with Crippen LogP contribution in [0, 0.1) is 13.8 Å². The lowest BCUT2D eigenvalue weighted by molar-refractivity contribution is 0.305. The monoisotopic (exact) mass is 284 g/mol. The molecule has 0 amide bonds. The van der Waals surface area contributed by atoms with Crippen molar-refractivity contribution in [3.05, 3.63) is 64.7 Å². The van der Waals surface area contributed by atoms with Gasteiger partial charge in [0, 0.05) is 6.42 Å². The fraction of sp³-hybridized carbons (Fsp3) is 0.235. The van der Waals surface area contributed by atoms with E-state index in [4.69, 9.17) is 15.7 Å². The Morgan fingerprint density at radius 1 is 1.14 bits per heavy atom. The number of rotatable bonds is 5. The second kappa shape index (κ2) is 6.79. The lowest BCUT2D eigenvalue weighted by atomic mass is 10.1. The SMILES string of the molecule is Cc1ccc(C)c(COc2ccc(CC(N)=NO)cc2)c1. The Bertz CT molecular complexity index is 634. The number of ether oxygens (including phenoxy) is 1. The van der Waals surface area contributed by atoms with Crippen LogP contribution in [0.5, 0.6) is 5.75 Å². The van der Waals surface area contributed by atoms with Crippen molar-refractivity contribution in [2.24, 2.45) is 10.9 Å². The molecule has 2 aromatic carbocycles. The molecule has 0 fully saturated rings. The van der Waals surface area contributed by atoms with Gasteiger partial charge in [0.2, 0.25) is 0 Å². The van der Waals surface area contributed by atoms with Gasteiger partial charge in [-0.25, -0.2) is 0 Å².